The van der Waals surface area contributed by atoms with Crippen molar-refractivity contribution in [2.45, 2.75) is 25.3 Å². The lowest BCUT2D eigenvalue weighted by atomic mass is 9.92. The maximum absolute atomic E-state index is 12.0. The van der Waals surface area contributed by atoms with Gasteiger partial charge < -0.3 is 5.32 Å². The second-order valence-corrected chi connectivity index (χ2v) is 5.27. The van der Waals surface area contributed by atoms with Gasteiger partial charge in [-0.1, -0.05) is 6.07 Å². The quantitative estimate of drug-likeness (QED) is 0.822. The number of amides is 1. The Morgan fingerprint density at radius 3 is 3.18 bits per heavy atom. The van der Waals surface area contributed by atoms with Gasteiger partial charge in [0.15, 0.2) is 0 Å². The summed E-state index contributed by atoms with van der Waals surface area (Å²) in [6.07, 6.45) is 8.82. The molecule has 2 N–H and O–H groups in total. The van der Waals surface area contributed by atoms with Gasteiger partial charge in [-0.2, -0.15) is 5.10 Å². The molecule has 0 radical (unpaired) electrons. The Bertz CT molecular complexity index is 752. The van der Waals surface area contributed by atoms with Gasteiger partial charge >= 0.3 is 0 Å². The molecule has 0 saturated heterocycles. The predicted molar refractivity (Wildman–Crippen MR) is 82.1 cm³/mol. The van der Waals surface area contributed by atoms with Crippen molar-refractivity contribution in [2.75, 3.05) is 0 Å². The van der Waals surface area contributed by atoms with Crippen molar-refractivity contribution in [3.8, 4) is 0 Å². The number of hydrogen-bond donors (Lipinski definition) is 2. The number of aryl methyl sites for hydroxylation is 1. The Hall–Kier alpha value is -2.76. The van der Waals surface area contributed by atoms with Crippen LogP contribution in [0.5, 0.6) is 0 Å². The van der Waals surface area contributed by atoms with Gasteiger partial charge in [0.05, 0.1) is 5.69 Å². The third kappa shape index (κ3) is 3.46. The van der Waals surface area contributed by atoms with Crippen LogP contribution >= 0.6 is 0 Å². The van der Waals surface area contributed by atoms with Crippen LogP contribution in [0.3, 0.4) is 0 Å². The summed E-state index contributed by atoms with van der Waals surface area (Å²) >= 11 is 0. The van der Waals surface area contributed by atoms with Crippen molar-refractivity contribution in [3.63, 3.8) is 0 Å². The van der Waals surface area contributed by atoms with Gasteiger partial charge in [-0.15, -0.1) is 0 Å². The molecule has 1 atom stereocenters. The fourth-order valence-corrected chi connectivity index (χ4v) is 2.56. The van der Waals surface area contributed by atoms with E-state index in [1.54, 1.807) is 24.5 Å². The number of carbonyl (C=O) groups is 1. The molecule has 0 saturated carbocycles. The summed E-state index contributed by atoms with van der Waals surface area (Å²) in [6, 6.07) is 5.29. The lowest BCUT2D eigenvalue weighted by Gasteiger charge is -2.23. The van der Waals surface area contributed by atoms with Gasteiger partial charge in [-0.25, -0.2) is 5.10 Å². The molecule has 0 aliphatic heterocycles. The van der Waals surface area contributed by atoms with Crippen molar-refractivity contribution >= 4 is 12.0 Å². The van der Waals surface area contributed by atoms with Crippen LogP contribution in [0.25, 0.3) is 6.08 Å². The summed E-state index contributed by atoms with van der Waals surface area (Å²) in [5, 5.41) is 9.44. The number of rotatable bonds is 3. The second-order valence-electron chi connectivity index (χ2n) is 5.27. The van der Waals surface area contributed by atoms with Crippen LogP contribution in [-0.4, -0.2) is 27.1 Å². The molecule has 112 valence electrons. The molecule has 0 aromatic carbocycles. The van der Waals surface area contributed by atoms with Gasteiger partial charge in [0.1, 0.15) is 0 Å². The van der Waals surface area contributed by atoms with E-state index in [1.807, 2.05) is 12.1 Å². The number of carbonyl (C=O) groups excluding carboxylic acids is 1. The minimum Gasteiger partial charge on any atom is -0.349 e. The average Bonchev–Trinajstić information content (AvgIpc) is 2.53. The van der Waals surface area contributed by atoms with Gasteiger partial charge in [-0.3, -0.25) is 14.6 Å². The number of H-pyrrole nitrogens is 1. The largest absolute Gasteiger partial charge is 0.349 e. The predicted octanol–water partition coefficient (Wildman–Crippen LogP) is 0.852. The molecule has 1 aliphatic carbocycles. The van der Waals surface area contributed by atoms with Gasteiger partial charge in [0, 0.05) is 30.6 Å². The summed E-state index contributed by atoms with van der Waals surface area (Å²) in [6.45, 7) is 0. The average molecular weight is 296 g/mol. The van der Waals surface area contributed by atoms with Gasteiger partial charge in [0.2, 0.25) is 5.91 Å². The molecule has 22 heavy (non-hydrogen) atoms. The van der Waals surface area contributed by atoms with E-state index in [-0.39, 0.29) is 17.5 Å². The van der Waals surface area contributed by atoms with Crippen LogP contribution in [0, 0.1) is 0 Å². The summed E-state index contributed by atoms with van der Waals surface area (Å²) < 4.78 is 0. The number of aromatic amines is 1. The summed E-state index contributed by atoms with van der Waals surface area (Å²) in [4.78, 5) is 27.3. The van der Waals surface area contributed by atoms with Crippen LogP contribution in [0.4, 0.5) is 0 Å². The minimum atomic E-state index is -0.206. The number of aromatic nitrogens is 3. The van der Waals surface area contributed by atoms with E-state index in [0.717, 1.165) is 29.7 Å². The standard InChI is InChI=1S/C16H16N4O2/c21-15(6-3-11-2-1-7-17-10-11)18-13-4-5-14-12(8-13)9-16(22)20-19-14/h1-3,6-7,9-10,13H,4-5,8H2,(H,18,21)(H,20,22)/b6-3+/t13-/m0/s1. The topological polar surface area (TPSA) is 87.7 Å². The Morgan fingerprint density at radius 2 is 2.36 bits per heavy atom. The minimum absolute atomic E-state index is 0.0298. The number of fused-ring (bicyclic) bond motifs is 1. The molecule has 2 aromatic heterocycles. The SMILES string of the molecule is O=C(/C=C/c1cccnc1)N[C@H]1CCc2n[nH]c(=O)cc2C1. The van der Waals surface area contributed by atoms with E-state index in [2.05, 4.69) is 20.5 Å². The van der Waals surface area contributed by atoms with Crippen molar-refractivity contribution < 1.29 is 4.79 Å². The van der Waals surface area contributed by atoms with E-state index in [4.69, 9.17) is 0 Å². The molecule has 1 aliphatic rings. The number of pyridine rings is 1. The highest BCUT2D eigenvalue weighted by atomic mass is 16.1. The highest BCUT2D eigenvalue weighted by molar-refractivity contribution is 5.91. The molecule has 1 amide bonds. The molecule has 2 aromatic rings. The van der Waals surface area contributed by atoms with E-state index in [9.17, 15) is 9.59 Å². The van der Waals surface area contributed by atoms with Crippen LogP contribution in [-0.2, 0) is 17.6 Å². The monoisotopic (exact) mass is 296 g/mol. The molecule has 2 heterocycles. The first-order valence-corrected chi connectivity index (χ1v) is 7.17. The van der Waals surface area contributed by atoms with Gasteiger partial charge in [-0.05, 0) is 42.5 Å². The molecule has 3 rings (SSSR count). The Morgan fingerprint density at radius 1 is 1.45 bits per heavy atom. The van der Waals surface area contributed by atoms with Gasteiger partial charge in [0.25, 0.3) is 5.56 Å². The molecular weight excluding hydrogens is 280 g/mol. The Labute approximate surface area is 127 Å². The normalized spacial score (nSPS) is 17.2. The van der Waals surface area contributed by atoms with E-state index >= 15 is 0 Å². The Kier molecular flexibility index (Phi) is 4.09. The smallest absolute Gasteiger partial charge is 0.264 e. The third-order valence-electron chi connectivity index (χ3n) is 3.63. The molecule has 0 spiro atoms. The maximum Gasteiger partial charge on any atom is 0.264 e. The Balaban J connectivity index is 1.61. The molecule has 6 heteroatoms. The zero-order chi connectivity index (χ0) is 15.4. The third-order valence-corrected chi connectivity index (χ3v) is 3.63. The first-order valence-electron chi connectivity index (χ1n) is 7.17. The summed E-state index contributed by atoms with van der Waals surface area (Å²) in [7, 11) is 0. The molecular formula is C16H16N4O2. The molecule has 0 fully saturated rings. The number of hydrogen-bond acceptors (Lipinski definition) is 4. The molecule has 6 nitrogen and oxygen atoms in total. The van der Waals surface area contributed by atoms with Crippen LogP contribution in [0.15, 0.2) is 41.5 Å². The highest BCUT2D eigenvalue weighted by Crippen LogP contribution is 2.17. The zero-order valence-electron chi connectivity index (χ0n) is 12.0. The lowest BCUT2D eigenvalue weighted by molar-refractivity contribution is -0.117. The fourth-order valence-electron chi connectivity index (χ4n) is 2.56. The zero-order valence-corrected chi connectivity index (χ0v) is 12.0. The van der Waals surface area contributed by atoms with E-state index in [0.29, 0.717) is 6.42 Å². The fraction of sp³-hybridized carbons (Fsp3) is 0.250. The lowest BCUT2D eigenvalue weighted by Crippen LogP contribution is -2.38. The highest BCUT2D eigenvalue weighted by Gasteiger charge is 2.20. The summed E-state index contributed by atoms with van der Waals surface area (Å²) in [5.74, 6) is -0.143. The first-order chi connectivity index (χ1) is 10.7. The van der Waals surface area contributed by atoms with E-state index < -0.39 is 0 Å². The first kappa shape index (κ1) is 14.2. The number of nitrogens with zero attached hydrogens (tertiary/aromatic N) is 2. The maximum atomic E-state index is 12.0. The molecule has 0 bridgehead atoms. The summed E-state index contributed by atoms with van der Waals surface area (Å²) in [5.41, 5.74) is 2.50. The number of nitrogens with one attached hydrogen (secondary N) is 2. The van der Waals surface area contributed by atoms with Crippen molar-refractivity contribution in [3.05, 3.63) is 63.8 Å². The van der Waals surface area contributed by atoms with Crippen molar-refractivity contribution in [1.29, 1.82) is 0 Å². The van der Waals surface area contributed by atoms with Crippen molar-refractivity contribution in [2.24, 2.45) is 0 Å². The van der Waals surface area contributed by atoms with E-state index in [1.165, 1.54) is 6.08 Å². The van der Waals surface area contributed by atoms with Crippen LogP contribution in [0.2, 0.25) is 0 Å². The van der Waals surface area contributed by atoms with Crippen LogP contribution in [0.1, 0.15) is 23.2 Å². The molecule has 0 unspecified atom stereocenters. The van der Waals surface area contributed by atoms with Crippen molar-refractivity contribution in [1.82, 2.24) is 20.5 Å². The van der Waals surface area contributed by atoms with Crippen LogP contribution < -0.4 is 10.9 Å². The second kappa shape index (κ2) is 6.34.